The van der Waals surface area contributed by atoms with Gasteiger partial charge in [-0.1, -0.05) is 0 Å². The minimum Gasteiger partial charge on any atom is -0.477 e. The van der Waals surface area contributed by atoms with Crippen molar-refractivity contribution in [3.05, 3.63) is 21.4 Å². The average Bonchev–Trinajstić information content (AvgIpc) is 2.70. The van der Waals surface area contributed by atoms with Gasteiger partial charge in [-0.15, -0.1) is 11.3 Å². The van der Waals surface area contributed by atoms with E-state index in [9.17, 15) is 13.2 Å². The first kappa shape index (κ1) is 14.5. The third-order valence-electron chi connectivity index (χ3n) is 3.37. The number of carboxylic acids is 1. The van der Waals surface area contributed by atoms with Gasteiger partial charge in [-0.3, -0.25) is 0 Å². The van der Waals surface area contributed by atoms with Crippen molar-refractivity contribution in [2.45, 2.75) is 32.4 Å². The van der Waals surface area contributed by atoms with Gasteiger partial charge in [0.05, 0.1) is 11.5 Å². The van der Waals surface area contributed by atoms with Crippen molar-refractivity contribution in [3.8, 4) is 0 Å². The minimum atomic E-state index is -2.83. The molecule has 1 aromatic heterocycles. The van der Waals surface area contributed by atoms with Gasteiger partial charge in [-0.05, 0) is 31.4 Å². The van der Waals surface area contributed by atoms with Crippen molar-refractivity contribution in [1.82, 2.24) is 5.32 Å². The van der Waals surface area contributed by atoms with E-state index < -0.39 is 15.8 Å². The van der Waals surface area contributed by atoms with Crippen LogP contribution in [0.1, 0.15) is 33.0 Å². The van der Waals surface area contributed by atoms with Gasteiger partial charge in [0.25, 0.3) is 0 Å². The number of aryl methyl sites for hydroxylation is 1. The van der Waals surface area contributed by atoms with Crippen LogP contribution in [-0.2, 0) is 16.4 Å². The lowest BCUT2D eigenvalue weighted by Crippen LogP contribution is -2.37. The molecule has 1 aliphatic rings. The first-order valence-corrected chi connectivity index (χ1v) is 8.77. The van der Waals surface area contributed by atoms with Crippen molar-refractivity contribution in [2.75, 3.05) is 11.5 Å². The van der Waals surface area contributed by atoms with Crippen molar-refractivity contribution in [3.63, 3.8) is 0 Å². The van der Waals surface area contributed by atoms with Gasteiger partial charge in [0.1, 0.15) is 14.7 Å². The summed E-state index contributed by atoms with van der Waals surface area (Å²) < 4.78 is 22.6. The molecule has 2 heterocycles. The topological polar surface area (TPSA) is 83.5 Å². The van der Waals surface area contributed by atoms with Crippen LogP contribution in [0.4, 0.5) is 0 Å². The molecule has 1 saturated heterocycles. The first-order valence-electron chi connectivity index (χ1n) is 6.14. The number of hydrogen-bond donors (Lipinski definition) is 2. The van der Waals surface area contributed by atoms with Gasteiger partial charge in [0.2, 0.25) is 0 Å². The van der Waals surface area contributed by atoms with Gasteiger partial charge < -0.3 is 10.4 Å². The predicted octanol–water partition coefficient (Wildman–Crippen LogP) is 1.42. The summed E-state index contributed by atoms with van der Waals surface area (Å²) in [5, 5.41) is 12.2. The highest BCUT2D eigenvalue weighted by Crippen LogP contribution is 2.22. The van der Waals surface area contributed by atoms with Crippen molar-refractivity contribution in [1.29, 1.82) is 0 Å². The summed E-state index contributed by atoms with van der Waals surface area (Å²) in [6.45, 7) is 2.50. The molecule has 0 saturated carbocycles. The summed E-state index contributed by atoms with van der Waals surface area (Å²) in [4.78, 5) is 12.2. The van der Waals surface area contributed by atoms with E-state index in [4.69, 9.17) is 5.11 Å². The van der Waals surface area contributed by atoms with Gasteiger partial charge in [-0.25, -0.2) is 13.2 Å². The van der Waals surface area contributed by atoms with E-state index in [-0.39, 0.29) is 17.5 Å². The minimum absolute atomic E-state index is 0.205. The predicted molar refractivity (Wildman–Crippen MR) is 74.5 cm³/mol. The second-order valence-electron chi connectivity index (χ2n) is 4.80. The molecule has 0 bridgehead atoms. The molecule has 1 fully saturated rings. The Labute approximate surface area is 116 Å². The molecule has 2 rings (SSSR count). The lowest BCUT2D eigenvalue weighted by atomic mass is 10.1. The molecule has 0 aliphatic carbocycles. The van der Waals surface area contributed by atoms with E-state index in [1.165, 1.54) is 11.3 Å². The normalized spacial score (nSPS) is 19.4. The van der Waals surface area contributed by atoms with Crippen molar-refractivity contribution < 1.29 is 18.3 Å². The number of sulfone groups is 1. The van der Waals surface area contributed by atoms with Gasteiger partial charge in [0.15, 0.2) is 0 Å². The molecular formula is C12H17NO4S2. The Morgan fingerprint density at radius 1 is 1.47 bits per heavy atom. The van der Waals surface area contributed by atoms with Crippen molar-refractivity contribution >= 4 is 27.1 Å². The first-order chi connectivity index (χ1) is 8.87. The summed E-state index contributed by atoms with van der Waals surface area (Å²) in [6, 6.07) is 1.89. The fourth-order valence-corrected chi connectivity index (χ4v) is 4.52. The Morgan fingerprint density at radius 2 is 2.11 bits per heavy atom. The summed E-state index contributed by atoms with van der Waals surface area (Å²) in [7, 11) is -2.83. The van der Waals surface area contributed by atoms with E-state index in [1.54, 1.807) is 6.07 Å². The Hall–Kier alpha value is -0.920. The molecular weight excluding hydrogens is 286 g/mol. The number of carbonyl (C=O) groups is 1. The monoisotopic (exact) mass is 303 g/mol. The van der Waals surface area contributed by atoms with Crippen LogP contribution >= 0.6 is 11.3 Å². The molecule has 0 radical (unpaired) electrons. The quantitative estimate of drug-likeness (QED) is 0.879. The maximum absolute atomic E-state index is 11.3. The highest BCUT2D eigenvalue weighted by Gasteiger charge is 2.23. The standard InChI is InChI=1S/C12H17NO4S2/c1-8-9(6-11(18-8)12(14)15)7-13-10-2-4-19(16,17)5-3-10/h6,10,13H,2-5,7H2,1H3,(H,14,15). The summed E-state index contributed by atoms with van der Waals surface area (Å²) in [6.07, 6.45) is 1.27. The summed E-state index contributed by atoms with van der Waals surface area (Å²) in [5.74, 6) is -0.412. The van der Waals surface area contributed by atoms with E-state index in [2.05, 4.69) is 5.32 Å². The molecule has 1 aliphatic heterocycles. The number of nitrogens with one attached hydrogen (secondary N) is 1. The molecule has 5 nitrogen and oxygen atoms in total. The molecule has 1 aromatic rings. The zero-order valence-corrected chi connectivity index (χ0v) is 12.3. The van der Waals surface area contributed by atoms with E-state index in [1.807, 2.05) is 6.92 Å². The number of thiophene rings is 1. The second kappa shape index (κ2) is 5.60. The van der Waals surface area contributed by atoms with Crippen LogP contribution in [-0.4, -0.2) is 37.0 Å². The van der Waals surface area contributed by atoms with Crippen LogP contribution in [0.3, 0.4) is 0 Å². The van der Waals surface area contributed by atoms with Crippen LogP contribution in [0, 0.1) is 6.92 Å². The Balaban J connectivity index is 1.91. The third-order valence-corrected chi connectivity index (χ3v) is 6.16. The second-order valence-corrected chi connectivity index (χ2v) is 8.36. The molecule has 0 aromatic carbocycles. The van der Waals surface area contributed by atoms with Crippen LogP contribution in [0.5, 0.6) is 0 Å². The van der Waals surface area contributed by atoms with Gasteiger partial charge in [-0.2, -0.15) is 0 Å². The Bertz CT molecular complexity index is 563. The molecule has 0 amide bonds. The average molecular weight is 303 g/mol. The Kier molecular flexibility index (Phi) is 4.27. The fraction of sp³-hybridized carbons (Fsp3) is 0.583. The molecule has 19 heavy (non-hydrogen) atoms. The highest BCUT2D eigenvalue weighted by atomic mass is 32.2. The zero-order valence-electron chi connectivity index (χ0n) is 10.7. The maximum atomic E-state index is 11.3. The van der Waals surface area contributed by atoms with Crippen LogP contribution in [0.2, 0.25) is 0 Å². The number of hydrogen-bond acceptors (Lipinski definition) is 5. The summed E-state index contributed by atoms with van der Waals surface area (Å²) >= 11 is 1.27. The largest absolute Gasteiger partial charge is 0.477 e. The maximum Gasteiger partial charge on any atom is 0.345 e. The number of carboxylic acid groups (broad SMARTS) is 1. The summed E-state index contributed by atoms with van der Waals surface area (Å²) in [5.41, 5.74) is 0.982. The SMILES string of the molecule is Cc1sc(C(=O)O)cc1CNC1CCS(=O)(=O)CC1. The van der Waals surface area contributed by atoms with Crippen LogP contribution in [0.25, 0.3) is 0 Å². The zero-order chi connectivity index (χ0) is 14.0. The van der Waals surface area contributed by atoms with Crippen LogP contribution in [0.15, 0.2) is 6.07 Å². The smallest absolute Gasteiger partial charge is 0.345 e. The molecule has 2 N–H and O–H groups in total. The number of rotatable bonds is 4. The van der Waals surface area contributed by atoms with Crippen LogP contribution < -0.4 is 5.32 Å². The molecule has 106 valence electrons. The lowest BCUT2D eigenvalue weighted by molar-refractivity contribution is 0.0702. The van der Waals surface area contributed by atoms with Gasteiger partial charge in [0, 0.05) is 17.5 Å². The lowest BCUT2D eigenvalue weighted by Gasteiger charge is -2.23. The molecule has 0 atom stereocenters. The third kappa shape index (κ3) is 3.77. The van der Waals surface area contributed by atoms with Crippen molar-refractivity contribution in [2.24, 2.45) is 0 Å². The molecule has 7 heteroatoms. The Morgan fingerprint density at radius 3 is 2.63 bits per heavy atom. The van der Waals surface area contributed by atoms with E-state index >= 15 is 0 Å². The van der Waals surface area contributed by atoms with Gasteiger partial charge >= 0.3 is 5.97 Å². The molecule has 0 spiro atoms. The highest BCUT2D eigenvalue weighted by molar-refractivity contribution is 7.91. The molecule has 0 unspecified atom stereocenters. The van der Waals surface area contributed by atoms with E-state index in [0.29, 0.717) is 24.3 Å². The number of aromatic carboxylic acids is 1. The fourth-order valence-electron chi connectivity index (χ4n) is 2.15. The van der Waals surface area contributed by atoms with E-state index in [0.717, 1.165) is 10.4 Å².